The van der Waals surface area contributed by atoms with Gasteiger partial charge in [0.2, 0.25) is 5.91 Å². The van der Waals surface area contributed by atoms with Gasteiger partial charge in [-0.25, -0.2) is 0 Å². The fraction of sp³-hybridized carbons (Fsp3) is 0.269. The molecule has 5 rings (SSSR count). The number of nitrogens with two attached hydrogens (primary N) is 1. The van der Waals surface area contributed by atoms with Crippen LogP contribution in [-0.2, 0) is 0 Å². The largest absolute Gasteiger partial charge is 0.366 e. The Morgan fingerprint density at radius 3 is 2.34 bits per heavy atom. The Bertz CT molecular complexity index is 1040. The van der Waals surface area contributed by atoms with Crippen LogP contribution in [0.5, 0.6) is 0 Å². The summed E-state index contributed by atoms with van der Waals surface area (Å²) in [5.41, 5.74) is 12.2. The summed E-state index contributed by atoms with van der Waals surface area (Å²) >= 11 is 0. The predicted molar refractivity (Wildman–Crippen MR) is 118 cm³/mol. The van der Waals surface area contributed by atoms with Gasteiger partial charge in [0, 0.05) is 17.5 Å². The van der Waals surface area contributed by atoms with Gasteiger partial charge in [-0.15, -0.1) is 0 Å². The van der Waals surface area contributed by atoms with Gasteiger partial charge in [-0.1, -0.05) is 60.7 Å². The maximum atomic E-state index is 11.8. The molecular formula is C26H26N2O. The molecule has 146 valence electrons. The summed E-state index contributed by atoms with van der Waals surface area (Å²) < 4.78 is 0. The summed E-state index contributed by atoms with van der Waals surface area (Å²) in [6.45, 7) is 1.12. The quantitative estimate of drug-likeness (QED) is 0.606. The smallest absolute Gasteiger partial charge is 0.248 e. The SMILES string of the molecule is NC(=O)c1ccc(-c2ccccc2-c2ccccc2)c(C2CC2NCC2CC2)c1. The molecule has 0 heterocycles. The standard InChI is InChI=1S/C26H26N2O/c27-26(29)19-12-13-22(23(14-19)24-15-25(24)28-16-17-10-11-17)21-9-5-4-8-20(21)18-6-2-1-3-7-18/h1-9,12-14,17,24-25,28H,10-11,15-16H2,(H2,27,29). The fourth-order valence-corrected chi connectivity index (χ4v) is 4.26. The van der Waals surface area contributed by atoms with Crippen molar-refractivity contribution in [2.45, 2.75) is 31.2 Å². The van der Waals surface area contributed by atoms with E-state index in [0.717, 1.165) is 18.9 Å². The van der Waals surface area contributed by atoms with Gasteiger partial charge in [-0.05, 0) is 71.7 Å². The van der Waals surface area contributed by atoms with Crippen molar-refractivity contribution in [3.05, 3.63) is 83.9 Å². The van der Waals surface area contributed by atoms with E-state index in [9.17, 15) is 4.79 Å². The van der Waals surface area contributed by atoms with Crippen LogP contribution in [0.1, 0.15) is 41.1 Å². The molecule has 1 amide bonds. The lowest BCUT2D eigenvalue weighted by atomic mass is 9.89. The fourth-order valence-electron chi connectivity index (χ4n) is 4.26. The maximum Gasteiger partial charge on any atom is 0.248 e. The number of carbonyl (C=O) groups excluding carboxylic acids is 1. The molecule has 2 unspecified atom stereocenters. The van der Waals surface area contributed by atoms with Crippen LogP contribution in [0.2, 0.25) is 0 Å². The Morgan fingerprint density at radius 1 is 0.897 bits per heavy atom. The van der Waals surface area contributed by atoms with E-state index < -0.39 is 0 Å². The summed E-state index contributed by atoms with van der Waals surface area (Å²) in [6, 6.07) is 25.5. The molecular weight excluding hydrogens is 356 g/mol. The third-order valence-corrected chi connectivity index (χ3v) is 6.19. The zero-order valence-electron chi connectivity index (χ0n) is 16.5. The van der Waals surface area contributed by atoms with Gasteiger partial charge in [-0.3, -0.25) is 4.79 Å². The van der Waals surface area contributed by atoms with Crippen molar-refractivity contribution in [2.75, 3.05) is 6.54 Å². The van der Waals surface area contributed by atoms with Gasteiger partial charge >= 0.3 is 0 Å². The molecule has 0 saturated heterocycles. The molecule has 0 aromatic heterocycles. The number of rotatable bonds is 7. The number of benzene rings is 3. The average Bonchev–Trinajstić information content (AvgIpc) is 3.68. The van der Waals surface area contributed by atoms with Crippen LogP contribution >= 0.6 is 0 Å². The van der Waals surface area contributed by atoms with Crippen molar-refractivity contribution in [3.63, 3.8) is 0 Å². The first kappa shape index (κ1) is 18.1. The van der Waals surface area contributed by atoms with Gasteiger partial charge in [-0.2, -0.15) is 0 Å². The summed E-state index contributed by atoms with van der Waals surface area (Å²) in [4.78, 5) is 11.8. The third kappa shape index (κ3) is 3.83. The van der Waals surface area contributed by atoms with Crippen LogP contribution < -0.4 is 11.1 Å². The highest BCUT2D eigenvalue weighted by Gasteiger charge is 2.40. The minimum absolute atomic E-state index is 0.364. The van der Waals surface area contributed by atoms with Gasteiger partial charge < -0.3 is 11.1 Å². The maximum absolute atomic E-state index is 11.8. The Labute approximate surface area is 172 Å². The molecule has 3 N–H and O–H groups in total. The van der Waals surface area contributed by atoms with E-state index in [1.54, 1.807) is 0 Å². The Morgan fingerprint density at radius 2 is 1.62 bits per heavy atom. The van der Waals surface area contributed by atoms with E-state index in [0.29, 0.717) is 17.5 Å². The molecule has 3 aromatic carbocycles. The molecule has 2 aliphatic carbocycles. The van der Waals surface area contributed by atoms with Crippen molar-refractivity contribution >= 4 is 5.91 Å². The highest BCUT2D eigenvalue weighted by Crippen LogP contribution is 2.47. The number of hydrogen-bond donors (Lipinski definition) is 2. The first-order valence-electron chi connectivity index (χ1n) is 10.5. The van der Waals surface area contributed by atoms with E-state index in [4.69, 9.17) is 5.73 Å². The molecule has 2 aliphatic rings. The number of carbonyl (C=O) groups is 1. The van der Waals surface area contributed by atoms with Gasteiger partial charge in [0.25, 0.3) is 0 Å². The lowest BCUT2D eigenvalue weighted by Gasteiger charge is -2.16. The molecule has 2 fully saturated rings. The van der Waals surface area contributed by atoms with Crippen molar-refractivity contribution in [2.24, 2.45) is 11.7 Å². The topological polar surface area (TPSA) is 55.1 Å². The third-order valence-electron chi connectivity index (χ3n) is 6.19. The second-order valence-electron chi connectivity index (χ2n) is 8.38. The number of primary amides is 1. The summed E-state index contributed by atoms with van der Waals surface area (Å²) in [7, 11) is 0. The number of hydrogen-bond acceptors (Lipinski definition) is 2. The number of amides is 1. The van der Waals surface area contributed by atoms with Crippen molar-refractivity contribution < 1.29 is 4.79 Å². The second-order valence-corrected chi connectivity index (χ2v) is 8.38. The van der Waals surface area contributed by atoms with Crippen LogP contribution in [0.25, 0.3) is 22.3 Å². The highest BCUT2D eigenvalue weighted by atomic mass is 16.1. The summed E-state index contributed by atoms with van der Waals surface area (Å²) in [5.74, 6) is 0.940. The highest BCUT2D eigenvalue weighted by molar-refractivity contribution is 5.95. The Kier molecular flexibility index (Phi) is 4.69. The van der Waals surface area contributed by atoms with E-state index in [2.05, 4.69) is 59.9 Å². The van der Waals surface area contributed by atoms with Crippen LogP contribution in [0.15, 0.2) is 72.8 Å². The minimum Gasteiger partial charge on any atom is -0.366 e. The van der Waals surface area contributed by atoms with Gasteiger partial charge in [0.1, 0.15) is 0 Å². The van der Waals surface area contributed by atoms with Gasteiger partial charge in [0.15, 0.2) is 0 Å². The summed E-state index contributed by atoms with van der Waals surface area (Å²) in [5, 5.41) is 3.72. The van der Waals surface area contributed by atoms with E-state index in [-0.39, 0.29) is 5.91 Å². The minimum atomic E-state index is -0.364. The molecule has 3 heteroatoms. The first-order valence-corrected chi connectivity index (χ1v) is 10.5. The Balaban J connectivity index is 1.54. The van der Waals surface area contributed by atoms with Crippen molar-refractivity contribution in [3.8, 4) is 22.3 Å². The Hall–Kier alpha value is -2.91. The summed E-state index contributed by atoms with van der Waals surface area (Å²) in [6.07, 6.45) is 3.84. The first-order chi connectivity index (χ1) is 14.2. The zero-order valence-corrected chi connectivity index (χ0v) is 16.5. The van der Waals surface area contributed by atoms with E-state index >= 15 is 0 Å². The van der Waals surface area contributed by atoms with Crippen LogP contribution in [0.4, 0.5) is 0 Å². The molecule has 2 atom stereocenters. The predicted octanol–water partition coefficient (Wildman–Crippen LogP) is 4.98. The second kappa shape index (κ2) is 7.49. The lowest BCUT2D eigenvalue weighted by Crippen LogP contribution is -2.20. The molecule has 29 heavy (non-hydrogen) atoms. The monoisotopic (exact) mass is 382 g/mol. The van der Waals surface area contributed by atoms with E-state index in [1.165, 1.54) is 40.7 Å². The molecule has 3 nitrogen and oxygen atoms in total. The molecule has 0 bridgehead atoms. The molecule has 0 spiro atoms. The van der Waals surface area contributed by atoms with Crippen molar-refractivity contribution in [1.82, 2.24) is 5.32 Å². The average molecular weight is 383 g/mol. The molecule has 0 radical (unpaired) electrons. The van der Waals surface area contributed by atoms with Crippen LogP contribution in [0, 0.1) is 5.92 Å². The van der Waals surface area contributed by atoms with Crippen LogP contribution in [-0.4, -0.2) is 18.5 Å². The zero-order chi connectivity index (χ0) is 19.8. The van der Waals surface area contributed by atoms with E-state index in [1.807, 2.05) is 18.2 Å². The lowest BCUT2D eigenvalue weighted by molar-refractivity contribution is 0.1000. The van der Waals surface area contributed by atoms with Crippen molar-refractivity contribution in [1.29, 1.82) is 0 Å². The van der Waals surface area contributed by atoms with Crippen LogP contribution in [0.3, 0.4) is 0 Å². The molecule has 0 aliphatic heterocycles. The molecule has 2 saturated carbocycles. The van der Waals surface area contributed by atoms with Gasteiger partial charge in [0.05, 0.1) is 0 Å². The number of nitrogens with one attached hydrogen (secondary N) is 1. The molecule has 3 aromatic rings. The normalized spacial score (nSPS) is 20.4.